The molecule has 1 aliphatic carbocycles. The number of halogens is 1. The zero-order valence-electron chi connectivity index (χ0n) is 19.4. The third-order valence-corrected chi connectivity index (χ3v) is 6.78. The Morgan fingerprint density at radius 1 is 1.24 bits per heavy atom. The van der Waals surface area contributed by atoms with Gasteiger partial charge in [-0.05, 0) is 38.0 Å². The molecule has 4 rings (SSSR count). The van der Waals surface area contributed by atoms with Gasteiger partial charge in [0.25, 0.3) is 5.91 Å². The Kier molecular flexibility index (Phi) is 6.43. The number of nitrogens with one attached hydrogen (secondary N) is 2. The van der Waals surface area contributed by atoms with Crippen molar-refractivity contribution in [2.75, 3.05) is 25.6 Å². The lowest BCUT2D eigenvalue weighted by Gasteiger charge is -2.45. The van der Waals surface area contributed by atoms with Crippen LogP contribution in [-0.4, -0.2) is 59.0 Å². The van der Waals surface area contributed by atoms with E-state index in [-0.39, 0.29) is 48.9 Å². The molecule has 178 valence electrons. The summed E-state index contributed by atoms with van der Waals surface area (Å²) in [5.74, 6) is -1.46. The van der Waals surface area contributed by atoms with Crippen molar-refractivity contribution in [2.45, 2.75) is 64.1 Å². The van der Waals surface area contributed by atoms with Gasteiger partial charge in [-0.1, -0.05) is 19.3 Å². The van der Waals surface area contributed by atoms with Gasteiger partial charge in [-0.2, -0.15) is 0 Å². The van der Waals surface area contributed by atoms with Crippen LogP contribution in [0.25, 0.3) is 10.9 Å². The number of anilines is 1. The van der Waals surface area contributed by atoms with Crippen molar-refractivity contribution >= 4 is 34.3 Å². The molecule has 1 aromatic carbocycles. The van der Waals surface area contributed by atoms with Crippen LogP contribution in [0.1, 0.15) is 56.4 Å². The Hall–Kier alpha value is -2.94. The standard InChI is InChI=1S/C24H31FN4O4/c1-15(30)26-20-18-13-16(25)9-10-19(18)28-14-24(2,23(32)27-17-7-5-4-6-8-17)29(11-12-33-3)22(31)21(20)28/h9-10,13,17H,4-8,11-12,14H2,1-3H3,(H,26,30)(H,27,32)/t24-/m0/s1. The van der Waals surface area contributed by atoms with Gasteiger partial charge in [-0.3, -0.25) is 14.4 Å². The number of fused-ring (bicyclic) bond motifs is 3. The monoisotopic (exact) mass is 458 g/mol. The summed E-state index contributed by atoms with van der Waals surface area (Å²) >= 11 is 0. The molecule has 0 spiro atoms. The number of ether oxygens (including phenoxy) is 1. The molecule has 0 bridgehead atoms. The Morgan fingerprint density at radius 3 is 2.64 bits per heavy atom. The summed E-state index contributed by atoms with van der Waals surface area (Å²) in [4.78, 5) is 40.9. The molecule has 0 radical (unpaired) electrons. The Bertz CT molecular complexity index is 1090. The fourth-order valence-corrected chi connectivity index (χ4v) is 5.07. The average Bonchev–Trinajstić information content (AvgIpc) is 3.06. The molecule has 2 N–H and O–H groups in total. The molecular formula is C24H31FN4O4. The second-order valence-corrected chi connectivity index (χ2v) is 9.18. The number of benzene rings is 1. The molecule has 0 unspecified atom stereocenters. The Labute approximate surface area is 192 Å². The number of aromatic nitrogens is 1. The van der Waals surface area contributed by atoms with E-state index in [4.69, 9.17) is 4.74 Å². The first-order valence-corrected chi connectivity index (χ1v) is 11.5. The van der Waals surface area contributed by atoms with Crippen LogP contribution in [0.15, 0.2) is 18.2 Å². The van der Waals surface area contributed by atoms with Crippen molar-refractivity contribution in [2.24, 2.45) is 0 Å². The highest BCUT2D eigenvalue weighted by Gasteiger charge is 2.49. The minimum absolute atomic E-state index is 0.0919. The number of hydrogen-bond donors (Lipinski definition) is 2. The van der Waals surface area contributed by atoms with Gasteiger partial charge in [0.1, 0.15) is 17.1 Å². The van der Waals surface area contributed by atoms with E-state index >= 15 is 0 Å². The van der Waals surface area contributed by atoms with Gasteiger partial charge in [-0.15, -0.1) is 0 Å². The molecule has 2 heterocycles. The van der Waals surface area contributed by atoms with Gasteiger partial charge in [-0.25, -0.2) is 4.39 Å². The van der Waals surface area contributed by atoms with Gasteiger partial charge in [0.2, 0.25) is 11.8 Å². The first-order valence-electron chi connectivity index (χ1n) is 11.5. The molecule has 3 amide bonds. The minimum atomic E-state index is -1.17. The van der Waals surface area contributed by atoms with E-state index in [0.717, 1.165) is 25.7 Å². The predicted octanol–water partition coefficient (Wildman–Crippen LogP) is 3.05. The summed E-state index contributed by atoms with van der Waals surface area (Å²) < 4.78 is 21.1. The Balaban J connectivity index is 1.81. The van der Waals surface area contributed by atoms with E-state index in [2.05, 4.69) is 10.6 Å². The quantitative estimate of drug-likeness (QED) is 0.696. The van der Waals surface area contributed by atoms with Crippen LogP contribution in [-0.2, 0) is 20.9 Å². The van der Waals surface area contributed by atoms with Crippen molar-refractivity contribution in [1.29, 1.82) is 0 Å². The highest BCUT2D eigenvalue weighted by atomic mass is 19.1. The second kappa shape index (κ2) is 9.13. The number of carbonyl (C=O) groups is 3. The van der Waals surface area contributed by atoms with Crippen LogP contribution < -0.4 is 10.6 Å². The van der Waals surface area contributed by atoms with Crippen LogP contribution in [0.5, 0.6) is 0 Å². The molecule has 1 saturated carbocycles. The second-order valence-electron chi connectivity index (χ2n) is 9.18. The summed E-state index contributed by atoms with van der Waals surface area (Å²) in [6.45, 7) is 3.74. The number of methoxy groups -OCH3 is 1. The average molecular weight is 459 g/mol. The maximum Gasteiger partial charge on any atom is 0.273 e. The van der Waals surface area contributed by atoms with Crippen LogP contribution in [0.3, 0.4) is 0 Å². The molecule has 2 aliphatic rings. The maximum atomic E-state index is 14.1. The van der Waals surface area contributed by atoms with Crippen LogP contribution >= 0.6 is 0 Å². The highest BCUT2D eigenvalue weighted by molar-refractivity contribution is 6.14. The normalized spacial score (nSPS) is 21.2. The number of hydrogen-bond acceptors (Lipinski definition) is 4. The molecule has 8 nitrogen and oxygen atoms in total. The van der Waals surface area contributed by atoms with Gasteiger partial charge in [0, 0.05) is 32.0 Å². The molecule has 0 saturated heterocycles. The fourth-order valence-electron chi connectivity index (χ4n) is 5.07. The largest absolute Gasteiger partial charge is 0.383 e. The van der Waals surface area contributed by atoms with Crippen molar-refractivity contribution in [1.82, 2.24) is 14.8 Å². The summed E-state index contributed by atoms with van der Waals surface area (Å²) in [5.41, 5.74) is -0.0796. The van der Waals surface area contributed by atoms with Crippen LogP contribution in [0, 0.1) is 5.82 Å². The van der Waals surface area contributed by atoms with Crippen LogP contribution in [0.2, 0.25) is 0 Å². The molecule has 9 heteroatoms. The number of nitrogens with zero attached hydrogens (tertiary/aromatic N) is 2. The molecule has 1 fully saturated rings. The van der Waals surface area contributed by atoms with Gasteiger partial charge in [0.15, 0.2) is 0 Å². The van der Waals surface area contributed by atoms with Gasteiger partial charge >= 0.3 is 0 Å². The van der Waals surface area contributed by atoms with E-state index in [1.54, 1.807) is 17.6 Å². The topological polar surface area (TPSA) is 92.7 Å². The third-order valence-electron chi connectivity index (χ3n) is 6.78. The summed E-state index contributed by atoms with van der Waals surface area (Å²) in [5, 5.41) is 6.30. The van der Waals surface area contributed by atoms with Crippen LogP contribution in [0.4, 0.5) is 10.1 Å². The lowest BCUT2D eigenvalue weighted by Crippen LogP contribution is -2.65. The summed E-state index contributed by atoms with van der Waals surface area (Å²) in [6, 6.07) is 4.29. The number of carbonyl (C=O) groups excluding carboxylic acids is 3. The molecule has 33 heavy (non-hydrogen) atoms. The third kappa shape index (κ3) is 4.21. The highest BCUT2D eigenvalue weighted by Crippen LogP contribution is 2.39. The predicted molar refractivity (Wildman–Crippen MR) is 123 cm³/mol. The molecule has 2 aromatic rings. The lowest BCUT2D eigenvalue weighted by atomic mass is 9.91. The first kappa shape index (κ1) is 23.2. The Morgan fingerprint density at radius 2 is 1.97 bits per heavy atom. The molecular weight excluding hydrogens is 427 g/mol. The number of rotatable bonds is 6. The zero-order valence-corrected chi connectivity index (χ0v) is 19.4. The fraction of sp³-hybridized carbons (Fsp3) is 0.542. The molecule has 1 aliphatic heterocycles. The SMILES string of the molecule is COCCN1C(=O)c2c(NC(C)=O)c3cc(F)ccc3n2C[C@@]1(C)C(=O)NC1CCCCC1. The summed E-state index contributed by atoms with van der Waals surface area (Å²) in [7, 11) is 1.54. The van der Waals surface area contributed by atoms with Gasteiger partial charge < -0.3 is 24.8 Å². The van der Waals surface area contributed by atoms with Crippen molar-refractivity contribution < 1.29 is 23.5 Å². The number of amides is 3. The minimum Gasteiger partial charge on any atom is -0.383 e. The smallest absolute Gasteiger partial charge is 0.273 e. The summed E-state index contributed by atoms with van der Waals surface area (Å²) in [6.07, 6.45) is 5.18. The van der Waals surface area contributed by atoms with Crippen molar-refractivity contribution in [3.8, 4) is 0 Å². The van der Waals surface area contributed by atoms with E-state index in [1.165, 1.54) is 37.5 Å². The van der Waals surface area contributed by atoms with Gasteiger partial charge in [0.05, 0.1) is 24.4 Å². The van der Waals surface area contributed by atoms with Crippen molar-refractivity contribution in [3.05, 3.63) is 29.7 Å². The lowest BCUT2D eigenvalue weighted by molar-refractivity contribution is -0.134. The first-order chi connectivity index (χ1) is 15.8. The van der Waals surface area contributed by atoms with E-state index < -0.39 is 17.3 Å². The van der Waals surface area contributed by atoms with E-state index in [1.807, 2.05) is 0 Å². The van der Waals surface area contributed by atoms with E-state index in [9.17, 15) is 18.8 Å². The van der Waals surface area contributed by atoms with Crippen molar-refractivity contribution in [3.63, 3.8) is 0 Å². The zero-order chi connectivity index (χ0) is 23.8. The maximum absolute atomic E-state index is 14.1. The molecule has 1 aromatic heterocycles. The molecule has 1 atom stereocenters. The van der Waals surface area contributed by atoms with E-state index in [0.29, 0.717) is 10.9 Å².